The molecule has 0 aliphatic carbocycles. The van der Waals surface area contributed by atoms with Gasteiger partial charge in [0, 0.05) is 31.0 Å². The van der Waals surface area contributed by atoms with Crippen LogP contribution in [0, 0.1) is 0 Å². The predicted octanol–water partition coefficient (Wildman–Crippen LogP) is 3.66. The molecule has 0 spiro atoms. The molecule has 2 amide bonds. The second-order valence-corrected chi connectivity index (χ2v) is 7.06. The van der Waals surface area contributed by atoms with Gasteiger partial charge in [-0.25, -0.2) is 5.01 Å². The number of nitrogens with one attached hydrogen (secondary N) is 2. The third kappa shape index (κ3) is 3.65. The molecule has 1 aliphatic rings. The number of fused-ring (bicyclic) bond motifs is 1. The summed E-state index contributed by atoms with van der Waals surface area (Å²) in [6.45, 7) is 0. The molecule has 3 aromatic rings. The molecule has 3 aromatic carbocycles. The molecule has 146 valence electrons. The minimum atomic E-state index is -0.527. The van der Waals surface area contributed by atoms with E-state index in [1.54, 1.807) is 30.3 Å². The highest BCUT2D eigenvalue weighted by Crippen LogP contribution is 2.32. The zero-order valence-electron chi connectivity index (χ0n) is 16.3. The summed E-state index contributed by atoms with van der Waals surface area (Å²) in [5, 5.41) is 4.74. The Balaban J connectivity index is 1.70. The van der Waals surface area contributed by atoms with Gasteiger partial charge in [0.15, 0.2) is 0 Å². The number of hydrogen-bond acceptors (Lipinski definition) is 4. The van der Waals surface area contributed by atoms with Crippen LogP contribution in [-0.4, -0.2) is 30.9 Å². The van der Waals surface area contributed by atoms with Crippen LogP contribution in [0.15, 0.2) is 78.9 Å². The van der Waals surface area contributed by atoms with Crippen LogP contribution in [0.4, 0.5) is 11.4 Å². The monoisotopic (exact) mass is 386 g/mol. The molecular weight excluding hydrogens is 364 g/mol. The lowest BCUT2D eigenvalue weighted by atomic mass is 10.0. The topological polar surface area (TPSA) is 64.7 Å². The Kier molecular flexibility index (Phi) is 4.91. The number of anilines is 2. The Morgan fingerprint density at radius 2 is 1.59 bits per heavy atom. The maximum atomic E-state index is 13.2. The molecule has 0 radical (unpaired) electrons. The average Bonchev–Trinajstić information content (AvgIpc) is 2.76. The maximum absolute atomic E-state index is 13.2. The summed E-state index contributed by atoms with van der Waals surface area (Å²) in [5.74, 6) is -0.597. The molecule has 1 atom stereocenters. The molecular formula is C23H22N4O2. The van der Waals surface area contributed by atoms with Gasteiger partial charge in [0.1, 0.15) is 6.17 Å². The van der Waals surface area contributed by atoms with E-state index in [-0.39, 0.29) is 11.8 Å². The number of carbonyl (C=O) groups excluding carboxylic acids is 2. The van der Waals surface area contributed by atoms with Crippen molar-refractivity contribution in [3.05, 3.63) is 95.6 Å². The van der Waals surface area contributed by atoms with Gasteiger partial charge in [-0.05, 0) is 42.0 Å². The van der Waals surface area contributed by atoms with E-state index < -0.39 is 6.17 Å². The summed E-state index contributed by atoms with van der Waals surface area (Å²) in [5.41, 5.74) is 6.45. The van der Waals surface area contributed by atoms with Gasteiger partial charge in [-0.2, -0.15) is 0 Å². The second kappa shape index (κ2) is 7.67. The van der Waals surface area contributed by atoms with Crippen molar-refractivity contribution in [2.45, 2.75) is 6.17 Å². The first-order valence-corrected chi connectivity index (χ1v) is 9.37. The summed E-state index contributed by atoms with van der Waals surface area (Å²) >= 11 is 0. The Morgan fingerprint density at radius 1 is 0.931 bits per heavy atom. The third-order valence-corrected chi connectivity index (χ3v) is 4.91. The molecule has 6 heteroatoms. The molecule has 1 unspecified atom stereocenters. The fourth-order valence-corrected chi connectivity index (χ4v) is 3.32. The molecule has 1 heterocycles. The smallest absolute Gasteiger partial charge is 0.276 e. The number of hydrazine groups is 1. The maximum Gasteiger partial charge on any atom is 0.276 e. The lowest BCUT2D eigenvalue weighted by molar-refractivity contribution is 0.0491. The zero-order valence-corrected chi connectivity index (χ0v) is 16.3. The Hall–Kier alpha value is -3.80. The lowest BCUT2D eigenvalue weighted by Crippen LogP contribution is -2.52. The molecule has 0 bridgehead atoms. The van der Waals surface area contributed by atoms with E-state index in [1.807, 2.05) is 67.5 Å². The Labute approximate surface area is 169 Å². The number of amides is 2. The standard InChI is InChI=1S/C23H22N4O2/c1-26(2)18-14-12-16(13-15-18)21-24-20-11-7-6-10-19(20)23(29)27(21)25-22(28)17-8-4-3-5-9-17/h3-15,21,24H,1-2H3,(H,25,28). The van der Waals surface area contributed by atoms with E-state index in [1.165, 1.54) is 5.01 Å². The lowest BCUT2D eigenvalue weighted by Gasteiger charge is -2.37. The number of para-hydroxylation sites is 1. The van der Waals surface area contributed by atoms with Crippen LogP contribution in [0.2, 0.25) is 0 Å². The summed E-state index contributed by atoms with van der Waals surface area (Å²) in [6.07, 6.45) is -0.527. The summed E-state index contributed by atoms with van der Waals surface area (Å²) < 4.78 is 0. The van der Waals surface area contributed by atoms with Crippen LogP contribution in [-0.2, 0) is 0 Å². The van der Waals surface area contributed by atoms with Crippen molar-refractivity contribution in [2.24, 2.45) is 0 Å². The van der Waals surface area contributed by atoms with Gasteiger partial charge < -0.3 is 10.2 Å². The quantitative estimate of drug-likeness (QED) is 0.718. The van der Waals surface area contributed by atoms with E-state index in [2.05, 4.69) is 10.7 Å². The number of benzene rings is 3. The predicted molar refractivity (Wildman–Crippen MR) is 114 cm³/mol. The molecule has 29 heavy (non-hydrogen) atoms. The van der Waals surface area contributed by atoms with E-state index in [0.717, 1.165) is 16.9 Å². The first-order valence-electron chi connectivity index (χ1n) is 9.37. The second-order valence-electron chi connectivity index (χ2n) is 7.06. The van der Waals surface area contributed by atoms with Crippen LogP contribution < -0.4 is 15.6 Å². The van der Waals surface area contributed by atoms with Gasteiger partial charge in [-0.3, -0.25) is 15.0 Å². The highest BCUT2D eigenvalue weighted by molar-refractivity contribution is 6.03. The van der Waals surface area contributed by atoms with Crippen LogP contribution in [0.5, 0.6) is 0 Å². The SMILES string of the molecule is CN(C)c1ccc(C2Nc3ccccc3C(=O)N2NC(=O)c2ccccc2)cc1. The van der Waals surface area contributed by atoms with Crippen LogP contribution >= 0.6 is 0 Å². The zero-order chi connectivity index (χ0) is 20.4. The van der Waals surface area contributed by atoms with Gasteiger partial charge >= 0.3 is 0 Å². The molecule has 6 nitrogen and oxygen atoms in total. The fourth-order valence-electron chi connectivity index (χ4n) is 3.32. The average molecular weight is 386 g/mol. The molecule has 0 saturated carbocycles. The van der Waals surface area contributed by atoms with Crippen LogP contribution in [0.25, 0.3) is 0 Å². The molecule has 4 rings (SSSR count). The van der Waals surface area contributed by atoms with Gasteiger partial charge in [0.25, 0.3) is 11.8 Å². The van der Waals surface area contributed by atoms with Gasteiger partial charge in [-0.1, -0.05) is 42.5 Å². The number of hydrogen-bond donors (Lipinski definition) is 2. The summed E-state index contributed by atoms with van der Waals surface area (Å²) in [4.78, 5) is 28.0. The largest absolute Gasteiger partial charge is 0.378 e. The number of rotatable bonds is 4. The first-order chi connectivity index (χ1) is 14.0. The van der Waals surface area contributed by atoms with Crippen molar-refractivity contribution in [3.8, 4) is 0 Å². The minimum absolute atomic E-state index is 0.259. The van der Waals surface area contributed by atoms with E-state index in [4.69, 9.17) is 0 Å². The Morgan fingerprint density at radius 3 is 2.28 bits per heavy atom. The number of carbonyl (C=O) groups is 2. The van der Waals surface area contributed by atoms with Crippen molar-refractivity contribution in [3.63, 3.8) is 0 Å². The van der Waals surface area contributed by atoms with Crippen molar-refractivity contribution >= 4 is 23.2 Å². The van der Waals surface area contributed by atoms with E-state index in [9.17, 15) is 9.59 Å². The van der Waals surface area contributed by atoms with Crippen LogP contribution in [0.1, 0.15) is 32.4 Å². The van der Waals surface area contributed by atoms with Gasteiger partial charge in [0.2, 0.25) is 0 Å². The van der Waals surface area contributed by atoms with Crippen molar-refractivity contribution in [1.82, 2.24) is 10.4 Å². The molecule has 0 saturated heterocycles. The van der Waals surface area contributed by atoms with Crippen molar-refractivity contribution < 1.29 is 9.59 Å². The molecule has 0 fully saturated rings. The van der Waals surface area contributed by atoms with Crippen molar-refractivity contribution in [2.75, 3.05) is 24.3 Å². The highest BCUT2D eigenvalue weighted by Gasteiger charge is 2.34. The number of nitrogens with zero attached hydrogens (tertiary/aromatic N) is 2. The molecule has 2 N–H and O–H groups in total. The van der Waals surface area contributed by atoms with Crippen molar-refractivity contribution in [1.29, 1.82) is 0 Å². The Bertz CT molecular complexity index is 1030. The van der Waals surface area contributed by atoms with E-state index >= 15 is 0 Å². The highest BCUT2D eigenvalue weighted by atomic mass is 16.2. The van der Waals surface area contributed by atoms with Gasteiger partial charge in [-0.15, -0.1) is 0 Å². The molecule has 0 aromatic heterocycles. The van der Waals surface area contributed by atoms with Crippen LogP contribution in [0.3, 0.4) is 0 Å². The van der Waals surface area contributed by atoms with Gasteiger partial charge in [0.05, 0.1) is 5.56 Å². The van der Waals surface area contributed by atoms with E-state index in [0.29, 0.717) is 11.1 Å². The summed E-state index contributed by atoms with van der Waals surface area (Å²) in [6, 6.07) is 24.0. The molecule has 1 aliphatic heterocycles. The fraction of sp³-hybridized carbons (Fsp3) is 0.130. The first kappa shape index (κ1) is 18.6. The third-order valence-electron chi connectivity index (χ3n) is 4.91. The summed E-state index contributed by atoms with van der Waals surface area (Å²) in [7, 11) is 3.94. The minimum Gasteiger partial charge on any atom is -0.378 e. The normalized spacial score (nSPS) is 15.3.